The molecule has 11 heavy (non-hydrogen) atoms. The molecule has 0 saturated heterocycles. The number of carbonyl (C=O) groups is 1. The Labute approximate surface area is 67.8 Å². The van der Waals surface area contributed by atoms with E-state index in [1.807, 2.05) is 13.8 Å². The summed E-state index contributed by atoms with van der Waals surface area (Å²) < 4.78 is 0. The van der Waals surface area contributed by atoms with E-state index in [1.165, 1.54) is 11.1 Å². The van der Waals surface area contributed by atoms with Crippen LogP contribution in [0.2, 0.25) is 0 Å². The molecule has 1 aliphatic rings. The summed E-state index contributed by atoms with van der Waals surface area (Å²) in [4.78, 5) is 10.7. The summed E-state index contributed by atoms with van der Waals surface area (Å²) in [6, 6.07) is 0. The van der Waals surface area contributed by atoms with Crippen molar-refractivity contribution in [1.29, 1.82) is 0 Å². The molecule has 0 aromatic rings. The minimum atomic E-state index is -0.237. The van der Waals surface area contributed by atoms with Crippen LogP contribution in [0.15, 0.2) is 23.3 Å². The largest absolute Gasteiger partial charge is 0.302 e. The summed E-state index contributed by atoms with van der Waals surface area (Å²) in [6.07, 6.45) is 6.09. The van der Waals surface area contributed by atoms with Gasteiger partial charge in [0.2, 0.25) is 0 Å². The van der Waals surface area contributed by atoms with Crippen LogP contribution in [-0.2, 0) is 4.79 Å². The fourth-order valence-electron chi connectivity index (χ4n) is 1.24. The summed E-state index contributed by atoms with van der Waals surface area (Å²) in [6.45, 7) is 6.06. The molecule has 0 aromatic carbocycles. The van der Waals surface area contributed by atoms with Crippen molar-refractivity contribution in [3.05, 3.63) is 23.3 Å². The first-order chi connectivity index (χ1) is 5.08. The Morgan fingerprint density at radius 2 is 2.18 bits per heavy atom. The standard InChI is InChI=1S/C10H14O/c1-8-4-5-10(3,7-11)9(2)6-8/h4,6-7H,5H2,1-3H3. The van der Waals surface area contributed by atoms with E-state index in [0.717, 1.165) is 12.7 Å². The second-order valence-corrected chi connectivity index (χ2v) is 3.51. The van der Waals surface area contributed by atoms with Crippen molar-refractivity contribution in [1.82, 2.24) is 0 Å². The number of hydrogen-bond donors (Lipinski definition) is 0. The molecule has 1 heteroatoms. The molecule has 0 radical (unpaired) electrons. The Kier molecular flexibility index (Phi) is 1.99. The van der Waals surface area contributed by atoms with Gasteiger partial charge in [0.1, 0.15) is 6.29 Å². The molecule has 0 aromatic heterocycles. The molecule has 1 unspecified atom stereocenters. The molecule has 0 N–H and O–H groups in total. The Hall–Kier alpha value is -0.850. The van der Waals surface area contributed by atoms with Crippen molar-refractivity contribution < 1.29 is 4.79 Å². The van der Waals surface area contributed by atoms with E-state index in [9.17, 15) is 4.79 Å². The van der Waals surface area contributed by atoms with Gasteiger partial charge in [-0.25, -0.2) is 0 Å². The van der Waals surface area contributed by atoms with E-state index < -0.39 is 0 Å². The second kappa shape index (κ2) is 2.65. The first-order valence-electron chi connectivity index (χ1n) is 3.90. The van der Waals surface area contributed by atoms with E-state index in [-0.39, 0.29) is 5.41 Å². The van der Waals surface area contributed by atoms with Crippen LogP contribution >= 0.6 is 0 Å². The van der Waals surface area contributed by atoms with Crippen LogP contribution in [-0.4, -0.2) is 6.29 Å². The van der Waals surface area contributed by atoms with Gasteiger partial charge in [0.25, 0.3) is 0 Å². The highest BCUT2D eigenvalue weighted by atomic mass is 16.1. The summed E-state index contributed by atoms with van der Waals surface area (Å²) in [5.74, 6) is 0. The molecule has 0 spiro atoms. The predicted octanol–water partition coefficient (Wildman–Crippen LogP) is 2.49. The molecule has 0 heterocycles. The first-order valence-corrected chi connectivity index (χ1v) is 3.90. The average molecular weight is 150 g/mol. The van der Waals surface area contributed by atoms with E-state index >= 15 is 0 Å². The molecular formula is C10H14O. The van der Waals surface area contributed by atoms with Gasteiger partial charge in [-0.1, -0.05) is 23.3 Å². The lowest BCUT2D eigenvalue weighted by atomic mass is 9.77. The van der Waals surface area contributed by atoms with Crippen molar-refractivity contribution >= 4 is 6.29 Å². The van der Waals surface area contributed by atoms with Gasteiger partial charge in [0.15, 0.2) is 0 Å². The number of hydrogen-bond acceptors (Lipinski definition) is 1. The quantitative estimate of drug-likeness (QED) is 0.525. The SMILES string of the molecule is CC1=CCC(C)(C=O)C(C)=C1. The maximum absolute atomic E-state index is 10.7. The number of rotatable bonds is 1. The molecule has 1 nitrogen and oxygen atoms in total. The Balaban J connectivity index is 2.96. The number of carbonyl (C=O) groups excluding carboxylic acids is 1. The van der Waals surface area contributed by atoms with Crippen molar-refractivity contribution in [2.24, 2.45) is 5.41 Å². The normalized spacial score (nSPS) is 30.8. The molecule has 1 atom stereocenters. The van der Waals surface area contributed by atoms with Gasteiger partial charge >= 0.3 is 0 Å². The van der Waals surface area contributed by atoms with Crippen molar-refractivity contribution in [2.45, 2.75) is 27.2 Å². The van der Waals surface area contributed by atoms with Crippen LogP contribution in [0.4, 0.5) is 0 Å². The Morgan fingerprint density at radius 3 is 2.64 bits per heavy atom. The van der Waals surface area contributed by atoms with Gasteiger partial charge in [-0.3, -0.25) is 0 Å². The first kappa shape index (κ1) is 8.25. The maximum Gasteiger partial charge on any atom is 0.130 e. The van der Waals surface area contributed by atoms with Gasteiger partial charge in [0.05, 0.1) is 0 Å². The fourth-order valence-corrected chi connectivity index (χ4v) is 1.24. The van der Waals surface area contributed by atoms with Crippen LogP contribution in [0.1, 0.15) is 27.2 Å². The molecule has 1 rings (SSSR count). The Bertz CT molecular complexity index is 235. The van der Waals surface area contributed by atoms with Crippen LogP contribution in [0.25, 0.3) is 0 Å². The van der Waals surface area contributed by atoms with Crippen molar-refractivity contribution in [3.8, 4) is 0 Å². The highest BCUT2D eigenvalue weighted by Crippen LogP contribution is 2.33. The highest BCUT2D eigenvalue weighted by Gasteiger charge is 2.26. The van der Waals surface area contributed by atoms with Crippen LogP contribution in [0.3, 0.4) is 0 Å². The van der Waals surface area contributed by atoms with Crippen LogP contribution < -0.4 is 0 Å². The van der Waals surface area contributed by atoms with E-state index in [2.05, 4.69) is 19.1 Å². The molecule has 0 amide bonds. The molecule has 60 valence electrons. The summed E-state index contributed by atoms with van der Waals surface area (Å²) >= 11 is 0. The predicted molar refractivity (Wildman–Crippen MR) is 46.3 cm³/mol. The second-order valence-electron chi connectivity index (χ2n) is 3.51. The summed E-state index contributed by atoms with van der Waals surface area (Å²) in [5.41, 5.74) is 2.20. The average Bonchev–Trinajstić information content (AvgIpc) is 1.98. The lowest BCUT2D eigenvalue weighted by molar-refractivity contribution is -0.113. The third kappa shape index (κ3) is 1.42. The monoisotopic (exact) mass is 150 g/mol. The van der Waals surface area contributed by atoms with Crippen LogP contribution in [0, 0.1) is 5.41 Å². The van der Waals surface area contributed by atoms with E-state index in [0.29, 0.717) is 0 Å². The zero-order valence-electron chi connectivity index (χ0n) is 7.35. The van der Waals surface area contributed by atoms with Crippen molar-refractivity contribution in [3.63, 3.8) is 0 Å². The number of allylic oxidation sites excluding steroid dienone is 4. The molecule has 0 fully saturated rings. The van der Waals surface area contributed by atoms with E-state index in [1.54, 1.807) is 0 Å². The van der Waals surface area contributed by atoms with Gasteiger partial charge in [-0.05, 0) is 27.2 Å². The molecular weight excluding hydrogens is 136 g/mol. The zero-order valence-corrected chi connectivity index (χ0v) is 7.35. The molecule has 1 aliphatic carbocycles. The third-order valence-corrected chi connectivity index (χ3v) is 2.45. The lowest BCUT2D eigenvalue weighted by Gasteiger charge is -2.26. The summed E-state index contributed by atoms with van der Waals surface area (Å²) in [5, 5.41) is 0. The molecule has 0 aliphatic heterocycles. The van der Waals surface area contributed by atoms with Crippen LogP contribution in [0.5, 0.6) is 0 Å². The van der Waals surface area contributed by atoms with Gasteiger partial charge in [-0.2, -0.15) is 0 Å². The number of aldehydes is 1. The topological polar surface area (TPSA) is 17.1 Å². The zero-order chi connectivity index (χ0) is 8.48. The third-order valence-electron chi connectivity index (χ3n) is 2.45. The summed E-state index contributed by atoms with van der Waals surface area (Å²) in [7, 11) is 0. The highest BCUT2D eigenvalue weighted by molar-refractivity contribution is 5.66. The smallest absolute Gasteiger partial charge is 0.130 e. The van der Waals surface area contributed by atoms with Gasteiger partial charge < -0.3 is 4.79 Å². The minimum absolute atomic E-state index is 0.237. The van der Waals surface area contributed by atoms with Gasteiger partial charge in [0, 0.05) is 5.41 Å². The Morgan fingerprint density at radius 1 is 1.55 bits per heavy atom. The lowest BCUT2D eigenvalue weighted by Crippen LogP contribution is -2.21. The van der Waals surface area contributed by atoms with Crippen molar-refractivity contribution in [2.75, 3.05) is 0 Å². The molecule has 0 saturated carbocycles. The van der Waals surface area contributed by atoms with E-state index in [4.69, 9.17) is 0 Å². The van der Waals surface area contributed by atoms with Gasteiger partial charge in [-0.15, -0.1) is 0 Å². The maximum atomic E-state index is 10.7. The minimum Gasteiger partial charge on any atom is -0.302 e. The molecule has 0 bridgehead atoms. The fraction of sp³-hybridized carbons (Fsp3) is 0.500.